The average Bonchev–Trinajstić information content (AvgIpc) is 2.85. The molecule has 0 saturated heterocycles. The van der Waals surface area contributed by atoms with Crippen molar-refractivity contribution in [3.63, 3.8) is 0 Å². The summed E-state index contributed by atoms with van der Waals surface area (Å²) >= 11 is 0. The van der Waals surface area contributed by atoms with Crippen molar-refractivity contribution in [2.24, 2.45) is 0 Å². The highest BCUT2D eigenvalue weighted by Crippen LogP contribution is 2.31. The third-order valence-electron chi connectivity index (χ3n) is 4.89. The van der Waals surface area contributed by atoms with Crippen LogP contribution in [0.5, 0.6) is 0 Å². The lowest BCUT2D eigenvalue weighted by Gasteiger charge is -2.25. The molecule has 0 fully saturated rings. The minimum absolute atomic E-state index is 0.0285. The number of halogens is 2. The third kappa shape index (κ3) is 10.0. The van der Waals surface area contributed by atoms with Gasteiger partial charge in [0.05, 0.1) is 6.61 Å². The molecule has 208 valence electrons. The Balaban J connectivity index is 2.07. The van der Waals surface area contributed by atoms with Gasteiger partial charge in [-0.1, -0.05) is 54.6 Å². The van der Waals surface area contributed by atoms with Crippen LogP contribution in [-0.4, -0.2) is 53.2 Å². The topological polar surface area (TPSA) is 126 Å². The Kier molecular flexibility index (Phi) is 11.1. The van der Waals surface area contributed by atoms with Crippen molar-refractivity contribution >= 4 is 18.0 Å². The predicted molar refractivity (Wildman–Crippen MR) is 132 cm³/mol. The molecular weight excluding hydrogens is 504 g/mol. The highest BCUT2D eigenvalue weighted by atomic mass is 19.3. The van der Waals surface area contributed by atoms with E-state index in [1.165, 1.54) is 19.1 Å². The van der Waals surface area contributed by atoms with Crippen LogP contribution in [0.1, 0.15) is 44.4 Å². The first kappa shape index (κ1) is 30.6. The summed E-state index contributed by atoms with van der Waals surface area (Å²) < 4.78 is 39.0. The monoisotopic (exact) mass is 537 g/mol. The molecule has 2 aromatic carbocycles. The van der Waals surface area contributed by atoms with Gasteiger partial charge in [-0.15, -0.1) is 0 Å². The zero-order chi connectivity index (χ0) is 28.3. The quantitative estimate of drug-likeness (QED) is 0.213. The molecular formula is C26H33F2N3O7. The van der Waals surface area contributed by atoms with Gasteiger partial charge in [0.25, 0.3) is 0 Å². The lowest BCUT2D eigenvalue weighted by molar-refractivity contribution is -0.456. The molecule has 0 spiro atoms. The number of esters is 1. The number of hydrogen-bond acceptors (Lipinski definition) is 8. The summed E-state index contributed by atoms with van der Waals surface area (Å²) in [6, 6.07) is 8.70. The van der Waals surface area contributed by atoms with Gasteiger partial charge < -0.3 is 20.1 Å². The number of nitrogens with one attached hydrogen (secondary N) is 2. The van der Waals surface area contributed by atoms with Gasteiger partial charge in [0.2, 0.25) is 5.91 Å². The van der Waals surface area contributed by atoms with E-state index in [-0.39, 0.29) is 19.6 Å². The fourth-order valence-corrected chi connectivity index (χ4v) is 3.12. The van der Waals surface area contributed by atoms with Gasteiger partial charge in [-0.05, 0) is 38.8 Å². The Labute approximate surface area is 219 Å². The van der Waals surface area contributed by atoms with E-state index in [9.17, 15) is 28.4 Å². The van der Waals surface area contributed by atoms with E-state index in [1.807, 2.05) is 6.07 Å². The second kappa shape index (κ2) is 13.8. The fourth-order valence-electron chi connectivity index (χ4n) is 3.12. The van der Waals surface area contributed by atoms with Crippen LogP contribution >= 0.6 is 0 Å². The first-order valence-electron chi connectivity index (χ1n) is 11.9. The molecule has 1 atom stereocenters. The standard InChI is InChI=1S/C26H33F2N3O7/c1-5-37-31(35)26(27,28)20-13-11-18(12-14-20)15-21(30-24(34)38-25(2,3)4)23(33)29-16-22(32)36-17-19-9-7-6-8-10-19/h6-14,21,35H,5,15-17H2,1-4H3,(H,29,33)(H,30,34). The van der Waals surface area contributed by atoms with E-state index < -0.39 is 53.0 Å². The molecule has 2 amide bonds. The molecule has 0 aliphatic heterocycles. The van der Waals surface area contributed by atoms with Gasteiger partial charge in [-0.3, -0.25) is 19.6 Å². The van der Waals surface area contributed by atoms with Crippen LogP contribution in [-0.2, 0) is 43.0 Å². The van der Waals surface area contributed by atoms with Gasteiger partial charge in [-0.2, -0.15) is 8.78 Å². The summed E-state index contributed by atoms with van der Waals surface area (Å²) in [6.07, 6.45) is -0.982. The molecule has 2 rings (SSSR count). The molecule has 0 heterocycles. The molecule has 12 heteroatoms. The van der Waals surface area contributed by atoms with Gasteiger partial charge >= 0.3 is 18.1 Å². The molecule has 0 radical (unpaired) electrons. The molecule has 3 N–H and O–H groups in total. The predicted octanol–water partition coefficient (Wildman–Crippen LogP) is 3.67. The number of carbonyl (C=O) groups excluding carboxylic acids is 3. The van der Waals surface area contributed by atoms with Crippen LogP contribution in [0.2, 0.25) is 0 Å². The molecule has 0 bridgehead atoms. The molecule has 2 aromatic rings. The van der Waals surface area contributed by atoms with Crippen molar-refractivity contribution in [3.05, 3.63) is 71.3 Å². The number of alkyl carbamates (subject to hydrolysis) is 1. The number of hydroxylamine groups is 2. The summed E-state index contributed by atoms with van der Waals surface area (Å²) in [7, 11) is 0. The minimum atomic E-state index is -3.82. The van der Waals surface area contributed by atoms with E-state index in [4.69, 9.17) is 9.47 Å². The molecule has 0 saturated carbocycles. The number of benzene rings is 2. The number of nitrogens with zero attached hydrogens (tertiary/aromatic N) is 1. The second-order valence-electron chi connectivity index (χ2n) is 9.20. The van der Waals surface area contributed by atoms with E-state index in [2.05, 4.69) is 15.5 Å². The summed E-state index contributed by atoms with van der Waals surface area (Å²) in [5.74, 6) is -1.40. The number of ether oxygens (including phenoxy) is 2. The van der Waals surface area contributed by atoms with Gasteiger partial charge in [0, 0.05) is 17.2 Å². The molecule has 1 unspecified atom stereocenters. The second-order valence-corrected chi connectivity index (χ2v) is 9.20. The molecule has 0 aromatic heterocycles. The highest BCUT2D eigenvalue weighted by Gasteiger charge is 2.40. The number of hydrogen-bond donors (Lipinski definition) is 3. The van der Waals surface area contributed by atoms with E-state index >= 15 is 0 Å². The fraction of sp³-hybridized carbons (Fsp3) is 0.423. The van der Waals surface area contributed by atoms with Crippen molar-refractivity contribution in [3.8, 4) is 0 Å². The Morgan fingerprint density at radius 3 is 2.21 bits per heavy atom. The van der Waals surface area contributed by atoms with Crippen molar-refractivity contribution in [2.75, 3.05) is 13.2 Å². The Hall–Kier alpha value is -3.61. The van der Waals surface area contributed by atoms with Crippen LogP contribution in [0.3, 0.4) is 0 Å². The van der Waals surface area contributed by atoms with Crippen LogP contribution < -0.4 is 10.6 Å². The van der Waals surface area contributed by atoms with Crippen molar-refractivity contribution in [2.45, 2.75) is 58.4 Å². The van der Waals surface area contributed by atoms with E-state index in [1.54, 1.807) is 45.0 Å². The first-order chi connectivity index (χ1) is 17.8. The van der Waals surface area contributed by atoms with Gasteiger partial charge in [0.1, 0.15) is 24.8 Å². The average molecular weight is 538 g/mol. The summed E-state index contributed by atoms with van der Waals surface area (Å²) in [6.45, 7) is 5.79. The molecule has 0 aliphatic carbocycles. The first-order valence-corrected chi connectivity index (χ1v) is 11.9. The van der Waals surface area contributed by atoms with E-state index in [0.717, 1.165) is 17.7 Å². The van der Waals surface area contributed by atoms with Crippen molar-refractivity contribution in [1.82, 2.24) is 15.9 Å². The smallest absolute Gasteiger partial charge is 0.408 e. The zero-order valence-electron chi connectivity index (χ0n) is 21.7. The lowest BCUT2D eigenvalue weighted by atomic mass is 10.0. The number of amides is 2. The third-order valence-corrected chi connectivity index (χ3v) is 4.89. The number of carbonyl (C=O) groups is 3. The maximum Gasteiger partial charge on any atom is 0.408 e. The Morgan fingerprint density at radius 2 is 1.63 bits per heavy atom. The maximum absolute atomic E-state index is 14.3. The summed E-state index contributed by atoms with van der Waals surface area (Å²) in [5.41, 5.74) is -0.208. The summed E-state index contributed by atoms with van der Waals surface area (Å²) in [5, 5.41) is 13.8. The normalized spacial score (nSPS) is 12.5. The number of alkyl halides is 2. The minimum Gasteiger partial charge on any atom is -0.460 e. The zero-order valence-corrected chi connectivity index (χ0v) is 21.7. The number of rotatable bonds is 12. The molecule has 38 heavy (non-hydrogen) atoms. The van der Waals surface area contributed by atoms with Crippen LogP contribution in [0.4, 0.5) is 13.6 Å². The Bertz CT molecular complexity index is 1060. The van der Waals surface area contributed by atoms with Crippen molar-refractivity contribution < 1.29 is 42.7 Å². The van der Waals surface area contributed by atoms with Gasteiger partial charge in [-0.25, -0.2) is 4.79 Å². The lowest BCUT2D eigenvalue weighted by Crippen LogP contribution is -2.50. The van der Waals surface area contributed by atoms with Crippen molar-refractivity contribution in [1.29, 1.82) is 0 Å². The molecule has 0 aliphatic rings. The van der Waals surface area contributed by atoms with Crippen LogP contribution in [0.15, 0.2) is 54.6 Å². The summed E-state index contributed by atoms with van der Waals surface area (Å²) in [4.78, 5) is 41.7. The Morgan fingerprint density at radius 1 is 1.00 bits per heavy atom. The van der Waals surface area contributed by atoms with E-state index in [0.29, 0.717) is 5.56 Å². The van der Waals surface area contributed by atoms with Crippen LogP contribution in [0, 0.1) is 0 Å². The molecule has 10 nitrogen and oxygen atoms in total. The van der Waals surface area contributed by atoms with Crippen LogP contribution in [0.25, 0.3) is 0 Å². The largest absolute Gasteiger partial charge is 0.460 e. The maximum atomic E-state index is 14.3. The van der Waals surface area contributed by atoms with Gasteiger partial charge in [0.15, 0.2) is 0 Å². The SMILES string of the molecule is CCON(O)C(F)(F)c1ccc(CC(NC(=O)OC(C)(C)C)C(=O)NCC(=O)OCc2ccccc2)cc1. The highest BCUT2D eigenvalue weighted by molar-refractivity contribution is 5.88.